The summed E-state index contributed by atoms with van der Waals surface area (Å²) in [5.74, 6) is 0. The smallest absolute Gasteiger partial charge is 0.130 e. The van der Waals surface area contributed by atoms with Crippen LogP contribution in [0.5, 0.6) is 0 Å². The van der Waals surface area contributed by atoms with E-state index in [0.29, 0.717) is 0 Å². The van der Waals surface area contributed by atoms with Gasteiger partial charge in [-0.25, -0.2) is 0 Å². The van der Waals surface area contributed by atoms with E-state index in [1.807, 2.05) is 42.5 Å². The van der Waals surface area contributed by atoms with E-state index in [2.05, 4.69) is 15.9 Å². The predicted molar refractivity (Wildman–Crippen MR) is 65.4 cm³/mol. The lowest BCUT2D eigenvalue weighted by atomic mass is 10.0. The van der Waals surface area contributed by atoms with E-state index >= 15 is 0 Å². The third-order valence-corrected chi connectivity index (χ3v) is 3.19. The molecule has 1 atom stereocenters. The number of rotatable bonds is 1. The van der Waals surface area contributed by atoms with Gasteiger partial charge in [-0.05, 0) is 22.8 Å². The van der Waals surface area contributed by atoms with Gasteiger partial charge < -0.3 is 0 Å². The van der Waals surface area contributed by atoms with Crippen LogP contribution >= 0.6 is 15.9 Å². The van der Waals surface area contributed by atoms with Gasteiger partial charge in [-0.3, -0.25) is 0 Å². The van der Waals surface area contributed by atoms with Gasteiger partial charge in [-0.15, -0.1) is 0 Å². The van der Waals surface area contributed by atoms with Gasteiger partial charge in [0.05, 0.1) is 4.83 Å². The molecule has 2 rings (SSSR count). The molecule has 0 unspecified atom stereocenters. The molecule has 0 amide bonds. The van der Waals surface area contributed by atoms with E-state index in [1.165, 1.54) is 5.56 Å². The molecule has 1 aliphatic rings. The molecule has 0 aliphatic heterocycles. The van der Waals surface area contributed by atoms with Crippen molar-refractivity contribution in [1.29, 1.82) is 10.5 Å². The number of benzene rings is 1. The highest BCUT2D eigenvalue weighted by atomic mass is 79.9. The van der Waals surface area contributed by atoms with Gasteiger partial charge in [0.15, 0.2) is 0 Å². The molecule has 0 spiro atoms. The highest BCUT2D eigenvalue weighted by Gasteiger charge is 2.19. The topological polar surface area (TPSA) is 47.6 Å². The molecule has 0 bridgehead atoms. The van der Waals surface area contributed by atoms with Crippen molar-refractivity contribution >= 4 is 21.5 Å². The Balaban J connectivity index is 2.49. The number of hydrogen-bond acceptors (Lipinski definition) is 2. The monoisotopic (exact) mass is 270 g/mol. The van der Waals surface area contributed by atoms with Crippen molar-refractivity contribution in [3.63, 3.8) is 0 Å². The Hall–Kier alpha value is -1.84. The number of halogens is 1. The number of hydrogen-bond donors (Lipinski definition) is 0. The fourth-order valence-corrected chi connectivity index (χ4v) is 2.39. The van der Waals surface area contributed by atoms with Crippen molar-refractivity contribution in [2.24, 2.45) is 0 Å². The quantitative estimate of drug-likeness (QED) is 0.579. The summed E-state index contributed by atoms with van der Waals surface area (Å²) in [6, 6.07) is 11.7. The Morgan fingerprint density at radius 2 is 1.94 bits per heavy atom. The maximum atomic E-state index is 8.72. The first-order chi connectivity index (χ1) is 7.76. The molecule has 0 saturated carbocycles. The van der Waals surface area contributed by atoms with Crippen LogP contribution in [-0.2, 0) is 0 Å². The lowest BCUT2D eigenvalue weighted by Gasteiger charge is -2.02. The van der Waals surface area contributed by atoms with E-state index in [0.717, 1.165) is 11.1 Å². The van der Waals surface area contributed by atoms with Crippen LogP contribution < -0.4 is 0 Å². The van der Waals surface area contributed by atoms with Crippen LogP contribution in [0.25, 0.3) is 5.57 Å². The van der Waals surface area contributed by atoms with Gasteiger partial charge in [0.1, 0.15) is 17.7 Å². The van der Waals surface area contributed by atoms with Crippen molar-refractivity contribution in [3.05, 3.63) is 53.1 Å². The average Bonchev–Trinajstić information content (AvgIpc) is 2.64. The van der Waals surface area contributed by atoms with Gasteiger partial charge in [0.2, 0.25) is 0 Å². The van der Waals surface area contributed by atoms with Gasteiger partial charge in [0.25, 0.3) is 0 Å². The van der Waals surface area contributed by atoms with Crippen LogP contribution in [0.4, 0.5) is 0 Å². The third kappa shape index (κ3) is 1.78. The molecule has 0 N–H and O–H groups in total. The summed E-state index contributed by atoms with van der Waals surface area (Å²) in [6.45, 7) is 0. The van der Waals surface area contributed by atoms with Crippen molar-refractivity contribution in [2.75, 3.05) is 0 Å². The lowest BCUT2D eigenvalue weighted by Crippen LogP contribution is -1.84. The van der Waals surface area contributed by atoms with Crippen LogP contribution in [0, 0.1) is 22.7 Å². The van der Waals surface area contributed by atoms with Gasteiger partial charge in [0, 0.05) is 0 Å². The second kappa shape index (κ2) is 4.35. The minimum atomic E-state index is 0.127. The molecular formula is C13H7BrN2. The molecule has 0 aromatic heterocycles. The zero-order valence-corrected chi connectivity index (χ0v) is 9.90. The first-order valence-electron chi connectivity index (χ1n) is 4.73. The van der Waals surface area contributed by atoms with Gasteiger partial charge in [-0.1, -0.05) is 46.3 Å². The highest BCUT2D eigenvalue weighted by molar-refractivity contribution is 9.09. The first kappa shape index (κ1) is 10.7. The number of nitriles is 2. The summed E-state index contributed by atoms with van der Waals surface area (Å²) in [6.07, 6.45) is 3.62. The standard InChI is InChI=1S/C13H7BrN2/c14-13-6-10(5-9(7-15)8-16)11-3-1-2-4-12(11)13/h1-6,13H/t13-/m1/s1. The summed E-state index contributed by atoms with van der Waals surface area (Å²) in [4.78, 5) is 0.161. The number of nitrogens with zero attached hydrogens (tertiary/aromatic N) is 2. The Labute approximate surface area is 102 Å². The summed E-state index contributed by atoms with van der Waals surface area (Å²) < 4.78 is 0. The lowest BCUT2D eigenvalue weighted by molar-refractivity contribution is 1.29. The molecule has 1 aromatic rings. The van der Waals surface area contributed by atoms with E-state index < -0.39 is 0 Å². The Bertz CT molecular complexity index is 554. The zero-order chi connectivity index (χ0) is 11.5. The third-order valence-electron chi connectivity index (χ3n) is 2.44. The fourth-order valence-electron chi connectivity index (χ4n) is 1.71. The molecule has 0 radical (unpaired) electrons. The Kier molecular flexibility index (Phi) is 2.90. The second-order valence-electron chi connectivity index (χ2n) is 3.39. The highest BCUT2D eigenvalue weighted by Crippen LogP contribution is 2.40. The van der Waals surface area contributed by atoms with Crippen molar-refractivity contribution in [2.45, 2.75) is 4.83 Å². The van der Waals surface area contributed by atoms with Crippen molar-refractivity contribution in [3.8, 4) is 12.1 Å². The van der Waals surface area contributed by atoms with E-state index in [1.54, 1.807) is 6.08 Å². The summed E-state index contributed by atoms with van der Waals surface area (Å²) in [7, 11) is 0. The van der Waals surface area contributed by atoms with Crippen LogP contribution in [0.15, 0.2) is 42.0 Å². The van der Waals surface area contributed by atoms with Crippen LogP contribution in [-0.4, -0.2) is 0 Å². The molecule has 1 aliphatic carbocycles. The number of alkyl halides is 1. The molecule has 2 nitrogen and oxygen atoms in total. The number of allylic oxidation sites excluding steroid dienone is 4. The van der Waals surface area contributed by atoms with Crippen molar-refractivity contribution < 1.29 is 0 Å². The largest absolute Gasteiger partial charge is 0.192 e. The molecule has 0 saturated heterocycles. The van der Waals surface area contributed by atoms with Gasteiger partial charge >= 0.3 is 0 Å². The minimum absolute atomic E-state index is 0.127. The molecule has 0 fully saturated rings. The van der Waals surface area contributed by atoms with E-state index in [4.69, 9.17) is 10.5 Å². The Morgan fingerprint density at radius 1 is 1.25 bits per heavy atom. The normalized spacial score (nSPS) is 16.7. The molecule has 0 heterocycles. The number of fused-ring (bicyclic) bond motifs is 1. The fraction of sp³-hybridized carbons (Fsp3) is 0.0769. The second-order valence-corrected chi connectivity index (χ2v) is 4.38. The van der Waals surface area contributed by atoms with Crippen LogP contribution in [0.2, 0.25) is 0 Å². The molecule has 76 valence electrons. The molecule has 16 heavy (non-hydrogen) atoms. The van der Waals surface area contributed by atoms with Crippen LogP contribution in [0.1, 0.15) is 16.0 Å². The molecule has 3 heteroatoms. The first-order valence-corrected chi connectivity index (χ1v) is 5.65. The van der Waals surface area contributed by atoms with Gasteiger partial charge in [-0.2, -0.15) is 10.5 Å². The summed E-state index contributed by atoms with van der Waals surface area (Å²) in [5.41, 5.74) is 3.30. The minimum Gasteiger partial charge on any atom is -0.192 e. The SMILES string of the molecule is N#CC(C#N)=CC1=C[C@@H](Br)c2ccccc21. The van der Waals surface area contributed by atoms with E-state index in [-0.39, 0.29) is 10.4 Å². The van der Waals surface area contributed by atoms with Crippen molar-refractivity contribution in [1.82, 2.24) is 0 Å². The Morgan fingerprint density at radius 3 is 2.62 bits per heavy atom. The zero-order valence-electron chi connectivity index (χ0n) is 8.31. The predicted octanol–water partition coefficient (Wildman–Crippen LogP) is 3.49. The summed E-state index contributed by atoms with van der Waals surface area (Å²) >= 11 is 3.54. The molecule has 1 aromatic carbocycles. The summed E-state index contributed by atoms with van der Waals surface area (Å²) in [5, 5.41) is 17.4. The van der Waals surface area contributed by atoms with Crippen LogP contribution in [0.3, 0.4) is 0 Å². The average molecular weight is 271 g/mol. The van der Waals surface area contributed by atoms with E-state index in [9.17, 15) is 0 Å². The maximum Gasteiger partial charge on any atom is 0.130 e. The maximum absolute atomic E-state index is 8.72. The molecular weight excluding hydrogens is 264 g/mol.